The van der Waals surface area contributed by atoms with Gasteiger partial charge in [0.1, 0.15) is 11.4 Å². The number of hydrogen-bond donors (Lipinski definition) is 1. The number of nitrogens with zero attached hydrogens (tertiary/aromatic N) is 1. The van der Waals surface area contributed by atoms with Crippen LogP contribution < -0.4 is 10.1 Å². The number of rotatable bonds is 6. The number of nitrogens with one attached hydrogen (secondary N) is 1. The van der Waals surface area contributed by atoms with Crippen LogP contribution in [0.5, 0.6) is 5.75 Å². The van der Waals surface area contributed by atoms with Gasteiger partial charge in [0.2, 0.25) is 0 Å². The molecular formula is C21H19BrN2O5. The first-order valence-electron chi connectivity index (χ1n) is 8.76. The summed E-state index contributed by atoms with van der Waals surface area (Å²) in [6.07, 6.45) is 1.59. The van der Waals surface area contributed by atoms with E-state index in [1.165, 1.54) is 12.0 Å². The van der Waals surface area contributed by atoms with E-state index in [0.29, 0.717) is 15.8 Å². The number of methoxy groups -OCH3 is 1. The number of carbonyl (C=O) groups excluding carboxylic acids is 3. The monoisotopic (exact) mass is 458 g/mol. The van der Waals surface area contributed by atoms with Gasteiger partial charge >= 0.3 is 12.0 Å². The van der Waals surface area contributed by atoms with Gasteiger partial charge in [-0.3, -0.25) is 9.69 Å². The highest BCUT2D eigenvalue weighted by atomic mass is 79.9. The topological polar surface area (TPSA) is 84.9 Å². The third-order valence-electron chi connectivity index (χ3n) is 4.23. The van der Waals surface area contributed by atoms with Gasteiger partial charge in [-0.2, -0.15) is 0 Å². The third-order valence-corrected chi connectivity index (χ3v) is 4.85. The second-order valence-electron chi connectivity index (χ2n) is 6.42. The van der Waals surface area contributed by atoms with E-state index in [1.54, 1.807) is 24.3 Å². The molecule has 1 fully saturated rings. The molecule has 7 nitrogen and oxygen atoms in total. The van der Waals surface area contributed by atoms with Crippen molar-refractivity contribution in [3.63, 3.8) is 0 Å². The molecule has 0 unspecified atom stereocenters. The Morgan fingerprint density at radius 1 is 1.21 bits per heavy atom. The number of amides is 3. The fourth-order valence-electron chi connectivity index (χ4n) is 2.79. The van der Waals surface area contributed by atoms with Crippen molar-refractivity contribution < 1.29 is 23.9 Å². The largest absolute Gasteiger partial charge is 0.481 e. The lowest BCUT2D eigenvalue weighted by atomic mass is 10.1. The van der Waals surface area contributed by atoms with Gasteiger partial charge in [-0.05, 0) is 52.2 Å². The summed E-state index contributed by atoms with van der Waals surface area (Å²) < 4.78 is 10.5. The predicted octanol–water partition coefficient (Wildman–Crippen LogP) is 3.40. The summed E-state index contributed by atoms with van der Waals surface area (Å²) in [6.45, 7) is 1.95. The smallest absolute Gasteiger partial charge is 0.343 e. The van der Waals surface area contributed by atoms with Gasteiger partial charge in [0, 0.05) is 0 Å². The number of imide groups is 1. The third kappa shape index (κ3) is 5.03. The Balaban J connectivity index is 1.73. The summed E-state index contributed by atoms with van der Waals surface area (Å²) in [5, 5.41) is 2.61. The van der Waals surface area contributed by atoms with Gasteiger partial charge in [-0.15, -0.1) is 0 Å². The Morgan fingerprint density at radius 3 is 2.69 bits per heavy atom. The van der Waals surface area contributed by atoms with E-state index >= 15 is 0 Å². The average Bonchev–Trinajstić information content (AvgIpc) is 2.94. The summed E-state index contributed by atoms with van der Waals surface area (Å²) in [6, 6.07) is 12.3. The molecule has 0 spiro atoms. The minimum absolute atomic E-state index is 0.192. The van der Waals surface area contributed by atoms with Crippen LogP contribution in [0.15, 0.2) is 52.6 Å². The molecule has 0 radical (unpaired) electrons. The fraction of sp³-hybridized carbons (Fsp3) is 0.190. The van der Waals surface area contributed by atoms with Crippen LogP contribution in [0.25, 0.3) is 6.08 Å². The summed E-state index contributed by atoms with van der Waals surface area (Å²) in [4.78, 5) is 37.3. The lowest BCUT2D eigenvalue weighted by Crippen LogP contribution is -2.30. The molecule has 0 aliphatic carbocycles. The van der Waals surface area contributed by atoms with Crippen LogP contribution in [-0.4, -0.2) is 36.5 Å². The first kappa shape index (κ1) is 20.6. The van der Waals surface area contributed by atoms with Crippen molar-refractivity contribution in [1.29, 1.82) is 0 Å². The predicted molar refractivity (Wildman–Crippen MR) is 110 cm³/mol. The van der Waals surface area contributed by atoms with Crippen molar-refractivity contribution in [3.8, 4) is 5.75 Å². The van der Waals surface area contributed by atoms with Crippen LogP contribution in [0.1, 0.15) is 16.7 Å². The van der Waals surface area contributed by atoms with Gasteiger partial charge in [-0.25, -0.2) is 9.59 Å². The number of benzene rings is 2. The molecular weight excluding hydrogens is 440 g/mol. The van der Waals surface area contributed by atoms with E-state index in [4.69, 9.17) is 4.74 Å². The average molecular weight is 459 g/mol. The first-order chi connectivity index (χ1) is 13.9. The van der Waals surface area contributed by atoms with Crippen LogP contribution in [0.4, 0.5) is 4.79 Å². The summed E-state index contributed by atoms with van der Waals surface area (Å²) in [7, 11) is 1.28. The number of esters is 1. The van der Waals surface area contributed by atoms with Crippen molar-refractivity contribution >= 4 is 39.9 Å². The molecule has 3 amide bonds. The molecule has 0 bridgehead atoms. The Hall–Kier alpha value is -3.13. The van der Waals surface area contributed by atoms with Crippen LogP contribution in [-0.2, 0) is 20.9 Å². The highest BCUT2D eigenvalue weighted by molar-refractivity contribution is 9.10. The van der Waals surface area contributed by atoms with Crippen molar-refractivity contribution in [3.05, 3.63) is 69.3 Å². The normalized spacial score (nSPS) is 14.9. The molecule has 3 rings (SSSR count). The summed E-state index contributed by atoms with van der Waals surface area (Å²) in [5.41, 5.74) is 2.82. The molecule has 1 heterocycles. The second-order valence-corrected chi connectivity index (χ2v) is 7.28. The van der Waals surface area contributed by atoms with E-state index in [-0.39, 0.29) is 18.8 Å². The van der Waals surface area contributed by atoms with Gasteiger partial charge in [0.05, 0.1) is 18.1 Å². The highest BCUT2D eigenvalue weighted by Crippen LogP contribution is 2.27. The zero-order valence-corrected chi connectivity index (χ0v) is 17.5. The minimum Gasteiger partial charge on any atom is -0.481 e. The molecule has 1 aliphatic rings. The maximum absolute atomic E-state index is 12.7. The maximum atomic E-state index is 12.7. The lowest BCUT2D eigenvalue weighted by molar-refractivity contribution is -0.142. The molecule has 0 atom stereocenters. The zero-order valence-electron chi connectivity index (χ0n) is 15.9. The van der Waals surface area contributed by atoms with Crippen LogP contribution in [0, 0.1) is 6.92 Å². The molecule has 1 saturated heterocycles. The van der Waals surface area contributed by atoms with E-state index in [0.717, 1.165) is 11.1 Å². The number of urea groups is 1. The minimum atomic E-state index is -0.490. The number of hydrogen-bond acceptors (Lipinski definition) is 5. The van der Waals surface area contributed by atoms with Crippen molar-refractivity contribution in [2.24, 2.45) is 0 Å². The Kier molecular flexibility index (Phi) is 6.33. The van der Waals surface area contributed by atoms with Crippen LogP contribution in [0.2, 0.25) is 0 Å². The lowest BCUT2D eigenvalue weighted by Gasteiger charge is -2.12. The van der Waals surface area contributed by atoms with Crippen LogP contribution >= 0.6 is 15.9 Å². The molecule has 0 saturated carbocycles. The van der Waals surface area contributed by atoms with Crippen molar-refractivity contribution in [1.82, 2.24) is 10.2 Å². The molecule has 2 aromatic carbocycles. The highest BCUT2D eigenvalue weighted by Gasteiger charge is 2.33. The van der Waals surface area contributed by atoms with Crippen molar-refractivity contribution in [2.75, 3.05) is 13.7 Å². The Labute approximate surface area is 176 Å². The Bertz CT molecular complexity index is 1000. The zero-order chi connectivity index (χ0) is 21.0. The molecule has 1 aliphatic heterocycles. The number of halogens is 1. The molecule has 2 aromatic rings. The molecule has 8 heteroatoms. The molecule has 1 N–H and O–H groups in total. The number of ether oxygens (including phenoxy) is 2. The molecule has 29 heavy (non-hydrogen) atoms. The van der Waals surface area contributed by atoms with Gasteiger partial charge in [0.25, 0.3) is 5.91 Å². The van der Waals surface area contributed by atoms with Crippen LogP contribution in [0.3, 0.4) is 0 Å². The molecule has 150 valence electrons. The number of carbonyl (C=O) groups is 3. The SMILES string of the molecule is COC(=O)COc1ccc(/C=C2/NC(=O)N(Cc3cccc(C)c3)C2=O)cc1Br. The quantitative estimate of drug-likeness (QED) is 0.407. The molecule has 0 aromatic heterocycles. The van der Waals surface area contributed by atoms with E-state index in [2.05, 4.69) is 26.0 Å². The second kappa shape index (κ2) is 8.91. The fourth-order valence-corrected chi connectivity index (χ4v) is 3.31. The number of aryl methyl sites for hydroxylation is 1. The Morgan fingerprint density at radius 2 is 2.00 bits per heavy atom. The van der Waals surface area contributed by atoms with Gasteiger partial charge < -0.3 is 14.8 Å². The first-order valence-corrected chi connectivity index (χ1v) is 9.56. The van der Waals surface area contributed by atoms with Gasteiger partial charge in [-0.1, -0.05) is 35.9 Å². The maximum Gasteiger partial charge on any atom is 0.343 e. The van der Waals surface area contributed by atoms with E-state index < -0.39 is 17.9 Å². The van der Waals surface area contributed by atoms with E-state index in [9.17, 15) is 14.4 Å². The summed E-state index contributed by atoms with van der Waals surface area (Å²) >= 11 is 3.37. The van der Waals surface area contributed by atoms with Crippen molar-refractivity contribution in [2.45, 2.75) is 13.5 Å². The summed E-state index contributed by atoms with van der Waals surface area (Å²) in [5.74, 6) is -0.421. The standard InChI is InChI=1S/C21H19BrN2O5/c1-13-4-3-5-15(8-13)11-24-20(26)17(23-21(24)27)10-14-6-7-18(16(22)9-14)29-12-19(25)28-2/h3-10H,11-12H2,1-2H3,(H,23,27)/b17-10+. The van der Waals surface area contributed by atoms with E-state index in [1.807, 2.05) is 31.2 Å². The van der Waals surface area contributed by atoms with Gasteiger partial charge in [0.15, 0.2) is 6.61 Å².